The lowest BCUT2D eigenvalue weighted by Gasteiger charge is -2.31. The third-order valence-electron chi connectivity index (χ3n) is 3.57. The van der Waals surface area contributed by atoms with Crippen molar-refractivity contribution in [2.24, 2.45) is 5.92 Å². The highest BCUT2D eigenvalue weighted by Gasteiger charge is 2.35. The highest BCUT2D eigenvalue weighted by Crippen LogP contribution is 2.28. The lowest BCUT2D eigenvalue weighted by atomic mass is 9.93. The Hall–Kier alpha value is -0.330. The van der Waals surface area contributed by atoms with Crippen molar-refractivity contribution in [3.63, 3.8) is 0 Å². The van der Waals surface area contributed by atoms with E-state index in [1.165, 1.54) is 7.05 Å². The van der Waals surface area contributed by atoms with Gasteiger partial charge in [-0.25, -0.2) is 13.1 Å². The van der Waals surface area contributed by atoms with E-state index in [0.717, 1.165) is 5.56 Å². The Morgan fingerprint density at radius 3 is 2.75 bits per heavy atom. The molecule has 1 fully saturated rings. The Kier molecular flexibility index (Phi) is 5.31. The van der Waals surface area contributed by atoms with Gasteiger partial charge >= 0.3 is 0 Å². The number of nitrogens with one attached hydrogen (secondary N) is 1. The predicted octanol–water partition coefficient (Wildman–Crippen LogP) is 2.49. The lowest BCUT2D eigenvalue weighted by Crippen LogP contribution is -2.43. The quantitative estimate of drug-likeness (QED) is 0.918. The maximum Gasteiger partial charge on any atom is 0.214 e. The highest BCUT2D eigenvalue weighted by molar-refractivity contribution is 7.90. The fourth-order valence-corrected chi connectivity index (χ4v) is 4.21. The van der Waals surface area contributed by atoms with E-state index in [9.17, 15) is 8.42 Å². The second kappa shape index (κ2) is 6.62. The van der Waals surface area contributed by atoms with Gasteiger partial charge in [0.15, 0.2) is 0 Å². The van der Waals surface area contributed by atoms with E-state index in [1.807, 2.05) is 6.07 Å². The molecule has 0 amide bonds. The molecule has 7 heteroatoms. The molecule has 0 aromatic heterocycles. The topological polar surface area (TPSA) is 55.4 Å². The smallest absolute Gasteiger partial charge is 0.214 e. The van der Waals surface area contributed by atoms with Gasteiger partial charge in [0.2, 0.25) is 10.0 Å². The average molecular weight is 338 g/mol. The molecular weight excluding hydrogens is 321 g/mol. The molecule has 1 aliphatic heterocycles. The molecule has 20 heavy (non-hydrogen) atoms. The number of rotatable bonds is 4. The second-order valence-corrected chi connectivity index (χ2v) is 7.78. The van der Waals surface area contributed by atoms with Gasteiger partial charge in [0.05, 0.1) is 21.9 Å². The fraction of sp³-hybridized carbons (Fsp3) is 0.538. The van der Waals surface area contributed by atoms with Crippen LogP contribution < -0.4 is 4.72 Å². The second-order valence-electron chi connectivity index (χ2n) is 4.86. The minimum Gasteiger partial charge on any atom is -0.381 e. The molecule has 1 aromatic carbocycles. The lowest BCUT2D eigenvalue weighted by molar-refractivity contribution is 0.0570. The highest BCUT2D eigenvalue weighted by atomic mass is 35.5. The summed E-state index contributed by atoms with van der Waals surface area (Å²) in [4.78, 5) is 0. The Morgan fingerprint density at radius 2 is 2.10 bits per heavy atom. The van der Waals surface area contributed by atoms with Crippen LogP contribution in [-0.4, -0.2) is 33.9 Å². The summed E-state index contributed by atoms with van der Waals surface area (Å²) in [5.74, 6) is -0.0848. The molecule has 2 atom stereocenters. The first-order valence-corrected chi connectivity index (χ1v) is 8.68. The molecule has 0 radical (unpaired) electrons. The molecule has 1 heterocycles. The number of hydrogen-bond donors (Lipinski definition) is 1. The number of sulfonamides is 1. The summed E-state index contributed by atoms with van der Waals surface area (Å²) < 4.78 is 32.0. The van der Waals surface area contributed by atoms with Crippen molar-refractivity contribution < 1.29 is 13.2 Å². The van der Waals surface area contributed by atoms with Crippen LogP contribution in [0.4, 0.5) is 0 Å². The Morgan fingerprint density at radius 1 is 1.35 bits per heavy atom. The third kappa shape index (κ3) is 3.65. The van der Waals surface area contributed by atoms with Crippen LogP contribution in [0, 0.1) is 5.92 Å². The molecule has 2 rings (SSSR count). The number of ether oxygens (including phenoxy) is 1. The van der Waals surface area contributed by atoms with Gasteiger partial charge in [-0.05, 0) is 37.6 Å². The monoisotopic (exact) mass is 337 g/mol. The summed E-state index contributed by atoms with van der Waals surface area (Å²) in [5.41, 5.74) is 0.964. The van der Waals surface area contributed by atoms with Crippen molar-refractivity contribution in [2.45, 2.75) is 18.1 Å². The van der Waals surface area contributed by atoms with Crippen molar-refractivity contribution >= 4 is 33.2 Å². The summed E-state index contributed by atoms with van der Waals surface area (Å²) >= 11 is 11.9. The summed E-state index contributed by atoms with van der Waals surface area (Å²) in [6.07, 6.45) is 1.11. The van der Waals surface area contributed by atoms with Crippen molar-refractivity contribution in [2.75, 3.05) is 20.3 Å². The van der Waals surface area contributed by atoms with Gasteiger partial charge < -0.3 is 4.74 Å². The first-order chi connectivity index (χ1) is 9.44. The number of halogens is 2. The molecule has 0 bridgehead atoms. The van der Waals surface area contributed by atoms with Crippen molar-refractivity contribution in [1.82, 2.24) is 4.72 Å². The SMILES string of the molecule is CNS(=O)(=O)[C@H]1CCOC[C@@H]1Cc1ccc(Cl)c(Cl)c1. The van der Waals surface area contributed by atoms with Gasteiger partial charge in [-0.15, -0.1) is 0 Å². The fourth-order valence-electron chi connectivity index (χ4n) is 2.50. The van der Waals surface area contributed by atoms with Gasteiger partial charge in [0.1, 0.15) is 0 Å². The van der Waals surface area contributed by atoms with E-state index in [1.54, 1.807) is 12.1 Å². The maximum atomic E-state index is 12.1. The van der Waals surface area contributed by atoms with Crippen LogP contribution in [0.3, 0.4) is 0 Å². The molecular formula is C13H17Cl2NO3S. The molecule has 0 spiro atoms. The molecule has 0 saturated carbocycles. The van der Waals surface area contributed by atoms with E-state index >= 15 is 0 Å². The summed E-state index contributed by atoms with van der Waals surface area (Å²) in [6, 6.07) is 5.37. The van der Waals surface area contributed by atoms with Crippen LogP contribution in [-0.2, 0) is 21.2 Å². The summed E-state index contributed by atoms with van der Waals surface area (Å²) in [6.45, 7) is 0.912. The number of benzene rings is 1. The van der Waals surface area contributed by atoms with Gasteiger partial charge in [-0.2, -0.15) is 0 Å². The van der Waals surface area contributed by atoms with E-state index in [4.69, 9.17) is 27.9 Å². The van der Waals surface area contributed by atoms with Crippen molar-refractivity contribution in [3.8, 4) is 0 Å². The van der Waals surface area contributed by atoms with Gasteiger partial charge in [-0.3, -0.25) is 0 Å². The third-order valence-corrected chi connectivity index (χ3v) is 6.30. The predicted molar refractivity (Wildman–Crippen MR) is 80.9 cm³/mol. The first-order valence-electron chi connectivity index (χ1n) is 6.38. The zero-order valence-corrected chi connectivity index (χ0v) is 13.4. The minimum atomic E-state index is -3.30. The Balaban J connectivity index is 2.18. The van der Waals surface area contributed by atoms with E-state index < -0.39 is 15.3 Å². The van der Waals surface area contributed by atoms with Gasteiger partial charge in [0, 0.05) is 12.5 Å². The maximum absolute atomic E-state index is 12.1. The largest absolute Gasteiger partial charge is 0.381 e. The van der Waals surface area contributed by atoms with Crippen LogP contribution in [0.1, 0.15) is 12.0 Å². The number of hydrogen-bond acceptors (Lipinski definition) is 3. The van der Waals surface area contributed by atoms with Gasteiger partial charge in [0.25, 0.3) is 0 Å². The van der Waals surface area contributed by atoms with E-state index in [0.29, 0.717) is 36.1 Å². The summed E-state index contributed by atoms with van der Waals surface area (Å²) in [7, 11) is -1.85. The van der Waals surface area contributed by atoms with Gasteiger partial charge in [-0.1, -0.05) is 29.3 Å². The molecule has 0 aliphatic carbocycles. The molecule has 1 saturated heterocycles. The van der Waals surface area contributed by atoms with Crippen molar-refractivity contribution in [1.29, 1.82) is 0 Å². The molecule has 1 aromatic rings. The Labute approximate surface area is 129 Å². The Bertz CT molecular complexity index is 577. The van der Waals surface area contributed by atoms with Crippen LogP contribution in [0.2, 0.25) is 10.0 Å². The zero-order valence-electron chi connectivity index (χ0n) is 11.1. The minimum absolute atomic E-state index is 0.0848. The standard InChI is InChI=1S/C13H17Cl2NO3S/c1-16-20(17,18)13-4-5-19-8-10(13)6-9-2-3-11(14)12(15)7-9/h2-3,7,10,13,16H,4-6,8H2,1H3/t10-,13-/m0/s1. The first kappa shape index (κ1) is 16.0. The molecule has 0 unspecified atom stereocenters. The van der Waals surface area contributed by atoms with E-state index in [2.05, 4.69) is 4.72 Å². The summed E-state index contributed by atoms with van der Waals surface area (Å²) in [5, 5.41) is 0.541. The van der Waals surface area contributed by atoms with Crippen molar-refractivity contribution in [3.05, 3.63) is 33.8 Å². The van der Waals surface area contributed by atoms with Crippen LogP contribution in [0.25, 0.3) is 0 Å². The molecule has 112 valence electrons. The van der Waals surface area contributed by atoms with E-state index in [-0.39, 0.29) is 5.92 Å². The van der Waals surface area contributed by atoms with Crippen LogP contribution in [0.15, 0.2) is 18.2 Å². The molecule has 1 aliphatic rings. The molecule has 4 nitrogen and oxygen atoms in total. The van der Waals surface area contributed by atoms with Crippen LogP contribution >= 0.6 is 23.2 Å². The average Bonchev–Trinajstić information content (AvgIpc) is 2.43. The molecule has 1 N–H and O–H groups in total. The zero-order chi connectivity index (χ0) is 14.8. The van der Waals surface area contributed by atoms with Crippen LogP contribution in [0.5, 0.6) is 0 Å². The normalized spacial score (nSPS) is 23.8.